The van der Waals surface area contributed by atoms with Crippen LogP contribution < -0.4 is 5.32 Å². The van der Waals surface area contributed by atoms with Gasteiger partial charge in [-0.15, -0.1) is 0 Å². The molecule has 0 spiro atoms. The van der Waals surface area contributed by atoms with E-state index in [0.717, 1.165) is 18.6 Å². The first-order chi connectivity index (χ1) is 9.15. The van der Waals surface area contributed by atoms with Gasteiger partial charge in [-0.1, -0.05) is 30.3 Å². The monoisotopic (exact) mass is 281 g/mol. The molecular formula is C14H19NO3S. The highest BCUT2D eigenvalue weighted by atomic mass is 32.2. The third kappa shape index (κ3) is 5.79. The van der Waals surface area contributed by atoms with Gasteiger partial charge in [0.1, 0.15) is 0 Å². The third-order valence-electron chi connectivity index (χ3n) is 2.69. The number of rotatable bonds is 8. The molecular weight excluding hydrogens is 262 g/mol. The molecule has 104 valence electrons. The fourth-order valence-corrected chi connectivity index (χ4v) is 2.19. The fourth-order valence-electron chi connectivity index (χ4n) is 1.70. The van der Waals surface area contributed by atoms with Crippen LogP contribution in [0.2, 0.25) is 0 Å². The van der Waals surface area contributed by atoms with Crippen molar-refractivity contribution in [3.05, 3.63) is 35.9 Å². The highest BCUT2D eigenvalue weighted by molar-refractivity contribution is 7.98. The molecule has 1 atom stereocenters. The van der Waals surface area contributed by atoms with E-state index >= 15 is 0 Å². The Bertz CT molecular complexity index is 408. The predicted molar refractivity (Wildman–Crippen MR) is 77.2 cm³/mol. The summed E-state index contributed by atoms with van der Waals surface area (Å²) in [6, 6.07) is 7.77. The number of benzene rings is 1. The van der Waals surface area contributed by atoms with E-state index in [1.54, 1.807) is 36.0 Å². The van der Waals surface area contributed by atoms with Crippen LogP contribution in [0.5, 0.6) is 0 Å². The molecule has 5 heteroatoms. The number of carboxylic acids is 1. The van der Waals surface area contributed by atoms with Crippen LogP contribution in [0, 0.1) is 0 Å². The minimum atomic E-state index is -1.04. The Kier molecular flexibility index (Phi) is 7.03. The number of hydrogen-bond donors (Lipinski definition) is 2. The van der Waals surface area contributed by atoms with Crippen molar-refractivity contribution in [1.82, 2.24) is 5.32 Å². The Morgan fingerprint density at radius 1 is 1.26 bits per heavy atom. The van der Waals surface area contributed by atoms with Crippen LogP contribution in [0.15, 0.2) is 30.3 Å². The zero-order valence-corrected chi connectivity index (χ0v) is 11.8. The molecule has 0 saturated carbocycles. The van der Waals surface area contributed by atoms with Crippen LogP contribution in [0.1, 0.15) is 30.9 Å². The minimum absolute atomic E-state index is 0.211. The highest BCUT2D eigenvalue weighted by Gasteiger charge is 2.21. The Balaban J connectivity index is 2.51. The lowest BCUT2D eigenvalue weighted by Gasteiger charge is -2.14. The summed E-state index contributed by atoms with van der Waals surface area (Å²) >= 11 is 1.74. The minimum Gasteiger partial charge on any atom is -0.479 e. The van der Waals surface area contributed by atoms with Crippen molar-refractivity contribution < 1.29 is 14.7 Å². The van der Waals surface area contributed by atoms with Crippen molar-refractivity contribution in [3.8, 4) is 0 Å². The molecule has 0 aliphatic rings. The molecule has 0 saturated heterocycles. The topological polar surface area (TPSA) is 66.4 Å². The molecule has 2 N–H and O–H groups in total. The molecule has 0 radical (unpaired) electrons. The first kappa shape index (κ1) is 15.6. The van der Waals surface area contributed by atoms with Gasteiger partial charge in [0.2, 0.25) is 5.91 Å². The van der Waals surface area contributed by atoms with Gasteiger partial charge >= 0.3 is 5.97 Å². The second-order valence-corrected chi connectivity index (χ2v) is 5.18. The summed E-state index contributed by atoms with van der Waals surface area (Å²) in [5.41, 5.74) is 0.590. The van der Waals surface area contributed by atoms with E-state index in [4.69, 9.17) is 5.11 Å². The highest BCUT2D eigenvalue weighted by Crippen LogP contribution is 2.13. The van der Waals surface area contributed by atoms with Crippen LogP contribution in [0.25, 0.3) is 0 Å². The number of nitrogens with one attached hydrogen (secondary N) is 1. The van der Waals surface area contributed by atoms with Gasteiger partial charge in [-0.3, -0.25) is 4.79 Å². The van der Waals surface area contributed by atoms with Gasteiger partial charge in [0, 0.05) is 6.42 Å². The van der Waals surface area contributed by atoms with Crippen LogP contribution in [-0.2, 0) is 9.59 Å². The molecule has 0 fully saturated rings. The van der Waals surface area contributed by atoms with Crippen LogP contribution >= 0.6 is 11.8 Å². The second kappa shape index (κ2) is 8.58. The summed E-state index contributed by atoms with van der Waals surface area (Å²) in [5.74, 6) is -0.227. The maximum absolute atomic E-state index is 11.7. The molecule has 1 rings (SSSR count). The lowest BCUT2D eigenvalue weighted by atomic mass is 10.1. The van der Waals surface area contributed by atoms with Gasteiger partial charge in [-0.25, -0.2) is 4.79 Å². The molecule has 4 nitrogen and oxygen atoms in total. The van der Waals surface area contributed by atoms with Crippen molar-refractivity contribution in [3.63, 3.8) is 0 Å². The van der Waals surface area contributed by atoms with Crippen molar-refractivity contribution >= 4 is 23.6 Å². The molecule has 0 heterocycles. The lowest BCUT2D eigenvalue weighted by molar-refractivity contribution is -0.142. The number of unbranched alkanes of at least 4 members (excludes halogenated alkanes) is 1. The largest absolute Gasteiger partial charge is 0.479 e. The summed E-state index contributed by atoms with van der Waals surface area (Å²) in [6.07, 6.45) is 4.15. The van der Waals surface area contributed by atoms with E-state index in [1.165, 1.54) is 0 Å². The molecule has 0 unspecified atom stereocenters. The Hall–Kier alpha value is -1.49. The van der Waals surface area contributed by atoms with E-state index in [-0.39, 0.29) is 5.91 Å². The van der Waals surface area contributed by atoms with E-state index in [0.29, 0.717) is 12.0 Å². The van der Waals surface area contributed by atoms with Gasteiger partial charge in [0.05, 0.1) is 0 Å². The molecule has 19 heavy (non-hydrogen) atoms. The summed E-state index contributed by atoms with van der Waals surface area (Å²) in [4.78, 5) is 22.9. The molecule has 0 aromatic heterocycles. The quantitative estimate of drug-likeness (QED) is 0.718. The Labute approximate surface area is 117 Å². The van der Waals surface area contributed by atoms with Crippen molar-refractivity contribution in [1.29, 1.82) is 0 Å². The number of carboxylic acid groups (broad SMARTS) is 1. The maximum atomic E-state index is 11.7. The zero-order chi connectivity index (χ0) is 14.1. The molecule has 1 amide bonds. The number of thioether (sulfide) groups is 1. The Morgan fingerprint density at radius 2 is 1.95 bits per heavy atom. The normalized spacial score (nSPS) is 11.8. The molecule has 1 aromatic carbocycles. The summed E-state index contributed by atoms with van der Waals surface area (Å²) in [6.45, 7) is 0. The van der Waals surface area contributed by atoms with Gasteiger partial charge < -0.3 is 10.4 Å². The zero-order valence-electron chi connectivity index (χ0n) is 11.0. The fraction of sp³-hybridized carbons (Fsp3) is 0.429. The summed E-state index contributed by atoms with van der Waals surface area (Å²) in [5, 5.41) is 11.7. The van der Waals surface area contributed by atoms with Crippen molar-refractivity contribution in [2.45, 2.75) is 25.3 Å². The van der Waals surface area contributed by atoms with Gasteiger partial charge in [-0.05, 0) is 30.4 Å². The summed E-state index contributed by atoms with van der Waals surface area (Å²) in [7, 11) is 0. The standard InChI is InChI=1S/C14H19NO3S/c1-19-10-6-5-9-12(16)15-13(14(17)18)11-7-3-2-4-8-11/h2-4,7-8,13H,5-6,9-10H2,1H3,(H,15,16)(H,17,18)/t13-/m0/s1. The SMILES string of the molecule is CSCCCCC(=O)N[C@H](C(=O)O)c1ccccc1. The molecule has 0 bridgehead atoms. The average Bonchev–Trinajstić information content (AvgIpc) is 2.41. The number of amides is 1. The Morgan fingerprint density at radius 3 is 2.53 bits per heavy atom. The van der Waals surface area contributed by atoms with Crippen molar-refractivity contribution in [2.24, 2.45) is 0 Å². The van der Waals surface area contributed by atoms with E-state index in [2.05, 4.69) is 5.32 Å². The first-order valence-electron chi connectivity index (χ1n) is 6.21. The van der Waals surface area contributed by atoms with E-state index < -0.39 is 12.0 Å². The molecule has 0 aliphatic heterocycles. The maximum Gasteiger partial charge on any atom is 0.330 e. The first-order valence-corrected chi connectivity index (χ1v) is 7.60. The van der Waals surface area contributed by atoms with Gasteiger partial charge in [-0.2, -0.15) is 11.8 Å². The van der Waals surface area contributed by atoms with Crippen LogP contribution in [0.3, 0.4) is 0 Å². The predicted octanol–water partition coefficient (Wildman–Crippen LogP) is 2.46. The molecule has 0 aliphatic carbocycles. The lowest BCUT2D eigenvalue weighted by Crippen LogP contribution is -2.33. The number of carbonyl (C=O) groups excluding carboxylic acids is 1. The second-order valence-electron chi connectivity index (χ2n) is 4.20. The third-order valence-corrected chi connectivity index (χ3v) is 3.38. The number of hydrogen-bond acceptors (Lipinski definition) is 3. The molecule has 1 aromatic rings. The number of aliphatic carboxylic acids is 1. The average molecular weight is 281 g/mol. The number of carbonyl (C=O) groups is 2. The van der Waals surface area contributed by atoms with Crippen molar-refractivity contribution in [2.75, 3.05) is 12.0 Å². The smallest absolute Gasteiger partial charge is 0.330 e. The van der Waals surface area contributed by atoms with E-state index in [1.807, 2.05) is 12.3 Å². The van der Waals surface area contributed by atoms with Gasteiger partial charge in [0.15, 0.2) is 6.04 Å². The van der Waals surface area contributed by atoms with Gasteiger partial charge in [0.25, 0.3) is 0 Å². The van der Waals surface area contributed by atoms with E-state index in [9.17, 15) is 9.59 Å². The summed E-state index contributed by atoms with van der Waals surface area (Å²) < 4.78 is 0. The van der Waals surface area contributed by atoms with Crippen LogP contribution in [0.4, 0.5) is 0 Å². The van der Waals surface area contributed by atoms with Crippen LogP contribution in [-0.4, -0.2) is 29.0 Å².